The van der Waals surface area contributed by atoms with E-state index in [-0.39, 0.29) is 0 Å². The maximum absolute atomic E-state index is 10.8. The largest absolute Gasteiger partial charge is 0.490 e. The Labute approximate surface area is 139 Å². The molecule has 0 spiro atoms. The molecule has 1 saturated heterocycles. The highest BCUT2D eigenvalue weighted by Gasteiger charge is 2.15. The van der Waals surface area contributed by atoms with Crippen LogP contribution in [-0.2, 0) is 0 Å². The number of hydrogen-bond acceptors (Lipinski definition) is 4. The van der Waals surface area contributed by atoms with E-state index < -0.39 is 0 Å². The third-order valence-corrected chi connectivity index (χ3v) is 4.27. The summed E-state index contributed by atoms with van der Waals surface area (Å²) in [5.74, 6) is 2.22. The second kappa shape index (κ2) is 9.56. The summed E-state index contributed by atoms with van der Waals surface area (Å²) < 4.78 is 11.4. The number of likely N-dealkylation sites (tertiary alicyclic amines) is 1. The molecule has 0 N–H and O–H groups in total. The zero-order valence-corrected chi connectivity index (χ0v) is 14.4. The number of hydrogen-bond donors (Lipinski definition) is 0. The number of rotatable bonds is 9. The van der Waals surface area contributed by atoms with E-state index in [0.29, 0.717) is 24.5 Å². The quantitative estimate of drug-likeness (QED) is 0.513. The lowest BCUT2D eigenvalue weighted by atomic mass is 10.0. The Morgan fingerprint density at radius 1 is 1.26 bits per heavy atom. The molecule has 1 atom stereocenters. The van der Waals surface area contributed by atoms with Gasteiger partial charge in [-0.3, -0.25) is 4.79 Å². The van der Waals surface area contributed by atoms with Gasteiger partial charge in [0.05, 0.1) is 13.2 Å². The Balaban J connectivity index is 1.72. The molecule has 0 unspecified atom stereocenters. The molecule has 0 aliphatic carbocycles. The lowest BCUT2D eigenvalue weighted by Gasteiger charge is -2.30. The number of aldehydes is 1. The van der Waals surface area contributed by atoms with Crippen LogP contribution in [0.1, 0.15) is 49.9 Å². The molecule has 23 heavy (non-hydrogen) atoms. The lowest BCUT2D eigenvalue weighted by Crippen LogP contribution is -2.35. The number of carbonyl (C=O) groups is 1. The highest BCUT2D eigenvalue weighted by Crippen LogP contribution is 2.28. The molecule has 1 aromatic rings. The highest BCUT2D eigenvalue weighted by atomic mass is 16.5. The Kier molecular flexibility index (Phi) is 7.40. The lowest BCUT2D eigenvalue weighted by molar-refractivity contribution is 0.112. The van der Waals surface area contributed by atoms with Gasteiger partial charge in [0, 0.05) is 12.1 Å². The minimum atomic E-state index is 0.561. The standard InChI is InChI=1S/C19H29NO3/c1-3-22-19-13-17(15-21)8-9-18(19)23-12-5-4-10-20-11-6-7-16(2)14-20/h8-9,13,15-16H,3-7,10-12,14H2,1-2H3/t16-/m0/s1. The number of carbonyl (C=O) groups excluding carboxylic acids is 1. The van der Waals surface area contributed by atoms with Crippen LogP contribution in [-0.4, -0.2) is 44.0 Å². The SMILES string of the molecule is CCOc1cc(C=O)ccc1OCCCCN1CCC[C@H](C)C1. The third-order valence-electron chi connectivity index (χ3n) is 4.27. The summed E-state index contributed by atoms with van der Waals surface area (Å²) in [7, 11) is 0. The van der Waals surface area contributed by atoms with Gasteiger partial charge in [-0.25, -0.2) is 0 Å². The van der Waals surface area contributed by atoms with E-state index in [1.165, 1.54) is 25.9 Å². The van der Waals surface area contributed by atoms with E-state index in [0.717, 1.165) is 37.3 Å². The molecule has 128 valence electrons. The van der Waals surface area contributed by atoms with Crippen molar-refractivity contribution < 1.29 is 14.3 Å². The van der Waals surface area contributed by atoms with Crippen LogP contribution in [0, 0.1) is 5.92 Å². The predicted molar refractivity (Wildman–Crippen MR) is 92.6 cm³/mol. The van der Waals surface area contributed by atoms with Gasteiger partial charge in [0.15, 0.2) is 11.5 Å². The van der Waals surface area contributed by atoms with E-state index >= 15 is 0 Å². The van der Waals surface area contributed by atoms with Crippen molar-refractivity contribution in [3.05, 3.63) is 23.8 Å². The molecule has 1 heterocycles. The number of nitrogens with zero attached hydrogens (tertiary/aromatic N) is 1. The Hall–Kier alpha value is -1.55. The van der Waals surface area contributed by atoms with E-state index in [9.17, 15) is 4.79 Å². The van der Waals surface area contributed by atoms with Gasteiger partial charge in [-0.05, 0) is 69.8 Å². The monoisotopic (exact) mass is 319 g/mol. The predicted octanol–water partition coefficient (Wildman–Crippen LogP) is 3.79. The van der Waals surface area contributed by atoms with E-state index in [1.807, 2.05) is 13.0 Å². The number of unbranched alkanes of at least 4 members (excludes halogenated alkanes) is 1. The van der Waals surface area contributed by atoms with Crippen LogP contribution in [0.25, 0.3) is 0 Å². The fourth-order valence-electron chi connectivity index (χ4n) is 3.09. The van der Waals surface area contributed by atoms with Crippen molar-refractivity contribution in [3.63, 3.8) is 0 Å². The van der Waals surface area contributed by atoms with Gasteiger partial charge >= 0.3 is 0 Å². The zero-order valence-electron chi connectivity index (χ0n) is 14.4. The van der Waals surface area contributed by atoms with E-state index in [2.05, 4.69) is 11.8 Å². The van der Waals surface area contributed by atoms with Crippen LogP contribution in [0.15, 0.2) is 18.2 Å². The molecule has 0 radical (unpaired) electrons. The maximum atomic E-state index is 10.8. The first kappa shape index (κ1) is 17.8. The fourth-order valence-corrected chi connectivity index (χ4v) is 3.09. The summed E-state index contributed by atoms with van der Waals surface area (Å²) >= 11 is 0. The van der Waals surface area contributed by atoms with Crippen LogP contribution in [0.5, 0.6) is 11.5 Å². The van der Waals surface area contributed by atoms with Crippen molar-refractivity contribution in [2.45, 2.75) is 39.5 Å². The average Bonchev–Trinajstić information content (AvgIpc) is 2.56. The molecule has 1 fully saturated rings. The summed E-state index contributed by atoms with van der Waals surface area (Å²) in [6.45, 7) is 9.16. The summed E-state index contributed by atoms with van der Waals surface area (Å²) in [6, 6.07) is 5.32. The molecule has 0 saturated carbocycles. The molecular weight excluding hydrogens is 290 g/mol. The van der Waals surface area contributed by atoms with Crippen molar-refractivity contribution in [2.75, 3.05) is 32.8 Å². The van der Waals surface area contributed by atoms with Crippen LogP contribution < -0.4 is 9.47 Å². The van der Waals surface area contributed by atoms with Crippen LogP contribution in [0.2, 0.25) is 0 Å². The van der Waals surface area contributed by atoms with Crippen molar-refractivity contribution in [1.82, 2.24) is 4.90 Å². The number of benzene rings is 1. The van der Waals surface area contributed by atoms with E-state index in [4.69, 9.17) is 9.47 Å². The Morgan fingerprint density at radius 3 is 2.87 bits per heavy atom. The van der Waals surface area contributed by atoms with Gasteiger partial charge in [-0.1, -0.05) is 6.92 Å². The smallest absolute Gasteiger partial charge is 0.161 e. The summed E-state index contributed by atoms with van der Waals surface area (Å²) in [5.41, 5.74) is 0.611. The first-order chi connectivity index (χ1) is 11.2. The molecule has 0 aromatic heterocycles. The summed E-state index contributed by atoms with van der Waals surface area (Å²) in [6.07, 6.45) is 5.72. The van der Waals surface area contributed by atoms with Gasteiger partial charge in [0.1, 0.15) is 6.29 Å². The molecule has 4 heteroatoms. The van der Waals surface area contributed by atoms with Crippen LogP contribution in [0.3, 0.4) is 0 Å². The van der Waals surface area contributed by atoms with Crippen LogP contribution in [0.4, 0.5) is 0 Å². The molecule has 1 aliphatic rings. The molecule has 0 bridgehead atoms. The van der Waals surface area contributed by atoms with Gasteiger partial charge in [0.2, 0.25) is 0 Å². The van der Waals surface area contributed by atoms with Crippen molar-refractivity contribution >= 4 is 6.29 Å². The van der Waals surface area contributed by atoms with Crippen LogP contribution >= 0.6 is 0 Å². The maximum Gasteiger partial charge on any atom is 0.161 e. The molecule has 2 rings (SSSR count). The van der Waals surface area contributed by atoms with Crippen molar-refractivity contribution in [3.8, 4) is 11.5 Å². The van der Waals surface area contributed by atoms with Gasteiger partial charge in [-0.15, -0.1) is 0 Å². The summed E-state index contributed by atoms with van der Waals surface area (Å²) in [5, 5.41) is 0. The minimum Gasteiger partial charge on any atom is -0.490 e. The van der Waals surface area contributed by atoms with Gasteiger partial charge < -0.3 is 14.4 Å². The molecule has 1 aromatic carbocycles. The van der Waals surface area contributed by atoms with Gasteiger partial charge in [-0.2, -0.15) is 0 Å². The molecule has 4 nitrogen and oxygen atoms in total. The normalized spacial score (nSPS) is 18.6. The Morgan fingerprint density at radius 2 is 2.13 bits per heavy atom. The summed E-state index contributed by atoms with van der Waals surface area (Å²) in [4.78, 5) is 13.4. The first-order valence-electron chi connectivity index (χ1n) is 8.80. The van der Waals surface area contributed by atoms with Gasteiger partial charge in [0.25, 0.3) is 0 Å². The minimum absolute atomic E-state index is 0.561. The second-order valence-electron chi connectivity index (χ2n) is 6.36. The van der Waals surface area contributed by atoms with E-state index in [1.54, 1.807) is 12.1 Å². The van der Waals surface area contributed by atoms with Crippen molar-refractivity contribution in [1.29, 1.82) is 0 Å². The Bertz CT molecular complexity index is 490. The van der Waals surface area contributed by atoms with Crippen molar-refractivity contribution in [2.24, 2.45) is 5.92 Å². The first-order valence-corrected chi connectivity index (χ1v) is 8.80. The fraction of sp³-hybridized carbons (Fsp3) is 0.632. The highest BCUT2D eigenvalue weighted by molar-refractivity contribution is 5.76. The topological polar surface area (TPSA) is 38.8 Å². The number of piperidine rings is 1. The molecule has 1 aliphatic heterocycles. The average molecular weight is 319 g/mol. The zero-order chi connectivity index (χ0) is 16.5. The molecule has 0 amide bonds. The molecular formula is C19H29NO3. The number of ether oxygens (including phenoxy) is 2. The third kappa shape index (κ3) is 5.87. The second-order valence-corrected chi connectivity index (χ2v) is 6.36.